The van der Waals surface area contributed by atoms with Crippen LogP contribution in [0.4, 0.5) is 0 Å². The molecule has 2 aromatic heterocycles. The quantitative estimate of drug-likeness (QED) is 0.723. The Morgan fingerprint density at radius 2 is 2.09 bits per heavy atom. The van der Waals surface area contributed by atoms with E-state index in [1.807, 2.05) is 41.8 Å². The molecule has 0 unspecified atom stereocenters. The molecule has 0 bridgehead atoms. The van der Waals surface area contributed by atoms with Gasteiger partial charge in [-0.25, -0.2) is 9.78 Å². The van der Waals surface area contributed by atoms with Gasteiger partial charge < -0.3 is 5.11 Å². The summed E-state index contributed by atoms with van der Waals surface area (Å²) in [5.41, 5.74) is 1.08. The zero-order chi connectivity index (χ0) is 15.5. The number of hydrogen-bond acceptors (Lipinski definition) is 6. The first-order valence-electron chi connectivity index (χ1n) is 6.43. The number of aromatic carboxylic acids is 1. The summed E-state index contributed by atoms with van der Waals surface area (Å²) < 4.78 is 1.97. The van der Waals surface area contributed by atoms with E-state index in [4.69, 9.17) is 5.11 Å². The van der Waals surface area contributed by atoms with Crippen molar-refractivity contribution >= 4 is 29.1 Å². The molecule has 3 aromatic rings. The number of carbonyl (C=O) groups is 1. The highest BCUT2D eigenvalue weighted by Crippen LogP contribution is 2.26. The van der Waals surface area contributed by atoms with Crippen LogP contribution in [0.5, 0.6) is 0 Å². The highest BCUT2D eigenvalue weighted by atomic mass is 32.2. The van der Waals surface area contributed by atoms with Crippen molar-refractivity contribution in [2.45, 2.75) is 17.8 Å². The Bertz CT molecular complexity index is 798. The van der Waals surface area contributed by atoms with Crippen molar-refractivity contribution in [2.75, 3.05) is 0 Å². The van der Waals surface area contributed by atoms with Crippen LogP contribution >= 0.6 is 23.1 Å². The highest BCUT2D eigenvalue weighted by Gasteiger charge is 2.13. The number of aromatic nitrogens is 4. The van der Waals surface area contributed by atoms with Crippen molar-refractivity contribution in [2.24, 2.45) is 0 Å². The fourth-order valence-electron chi connectivity index (χ4n) is 1.91. The largest absolute Gasteiger partial charge is 0.476 e. The van der Waals surface area contributed by atoms with Crippen molar-refractivity contribution in [3.63, 3.8) is 0 Å². The molecule has 0 fully saturated rings. The van der Waals surface area contributed by atoms with Crippen LogP contribution in [0, 0.1) is 6.92 Å². The summed E-state index contributed by atoms with van der Waals surface area (Å²) in [4.78, 5) is 14.9. The normalized spacial score (nSPS) is 10.8. The Kier molecular flexibility index (Phi) is 4.21. The molecule has 0 aliphatic heterocycles. The van der Waals surface area contributed by atoms with E-state index in [0.717, 1.165) is 21.7 Å². The molecule has 0 saturated heterocycles. The lowest BCUT2D eigenvalue weighted by molar-refractivity contribution is 0.0691. The SMILES string of the molecule is Cc1nnc(SCc2nc(C(=O)O)cs2)n1-c1ccccc1. The summed E-state index contributed by atoms with van der Waals surface area (Å²) in [6.45, 7) is 1.90. The lowest BCUT2D eigenvalue weighted by Gasteiger charge is -2.07. The lowest BCUT2D eigenvalue weighted by Crippen LogP contribution is -1.99. The van der Waals surface area contributed by atoms with E-state index in [1.54, 1.807) is 5.38 Å². The molecule has 8 heteroatoms. The summed E-state index contributed by atoms with van der Waals surface area (Å²) in [6, 6.07) is 9.87. The maximum atomic E-state index is 10.8. The minimum atomic E-state index is -1.00. The Balaban J connectivity index is 1.80. The van der Waals surface area contributed by atoms with Gasteiger partial charge in [0.15, 0.2) is 10.9 Å². The van der Waals surface area contributed by atoms with E-state index in [-0.39, 0.29) is 5.69 Å². The van der Waals surface area contributed by atoms with Gasteiger partial charge in [0.2, 0.25) is 0 Å². The van der Waals surface area contributed by atoms with E-state index in [9.17, 15) is 4.79 Å². The Labute approximate surface area is 134 Å². The molecule has 22 heavy (non-hydrogen) atoms. The van der Waals surface area contributed by atoms with Crippen molar-refractivity contribution in [3.05, 3.63) is 52.2 Å². The van der Waals surface area contributed by atoms with Gasteiger partial charge in [0.05, 0.1) is 5.75 Å². The van der Waals surface area contributed by atoms with Crippen molar-refractivity contribution < 1.29 is 9.90 Å². The third-order valence-corrected chi connectivity index (χ3v) is 4.88. The molecule has 1 N–H and O–H groups in total. The molecule has 0 atom stereocenters. The molecule has 112 valence electrons. The van der Waals surface area contributed by atoms with Crippen LogP contribution in [0.25, 0.3) is 5.69 Å². The molecule has 0 spiro atoms. The number of carboxylic acids is 1. The zero-order valence-corrected chi connectivity index (χ0v) is 13.3. The first-order chi connectivity index (χ1) is 10.6. The fraction of sp³-hybridized carbons (Fsp3) is 0.143. The molecule has 0 aliphatic carbocycles. The van der Waals surface area contributed by atoms with Crippen LogP contribution in [0.15, 0.2) is 40.9 Å². The highest BCUT2D eigenvalue weighted by molar-refractivity contribution is 7.98. The molecule has 1 aromatic carbocycles. The van der Waals surface area contributed by atoms with Gasteiger partial charge in [0, 0.05) is 11.1 Å². The lowest BCUT2D eigenvalue weighted by atomic mass is 10.3. The van der Waals surface area contributed by atoms with Gasteiger partial charge in [0.25, 0.3) is 0 Å². The minimum absolute atomic E-state index is 0.0845. The summed E-state index contributed by atoms with van der Waals surface area (Å²) in [5, 5.41) is 20.3. The van der Waals surface area contributed by atoms with E-state index in [1.165, 1.54) is 23.1 Å². The number of aryl methyl sites for hydroxylation is 1. The van der Waals surface area contributed by atoms with Gasteiger partial charge in [-0.05, 0) is 19.1 Å². The number of para-hydroxylation sites is 1. The first-order valence-corrected chi connectivity index (χ1v) is 8.29. The Morgan fingerprint density at radius 1 is 1.32 bits per heavy atom. The molecule has 0 radical (unpaired) electrons. The maximum absolute atomic E-state index is 10.8. The second kappa shape index (κ2) is 6.29. The van der Waals surface area contributed by atoms with E-state index in [2.05, 4.69) is 15.2 Å². The smallest absolute Gasteiger partial charge is 0.355 e. The fourth-order valence-corrected chi connectivity index (χ4v) is 3.70. The molecule has 6 nitrogen and oxygen atoms in total. The summed E-state index contributed by atoms with van der Waals surface area (Å²) in [5.74, 6) is 0.359. The van der Waals surface area contributed by atoms with Crippen LogP contribution < -0.4 is 0 Å². The van der Waals surface area contributed by atoms with Crippen LogP contribution in [-0.2, 0) is 5.75 Å². The standard InChI is InChI=1S/C14H12N4O2S2/c1-9-16-17-14(18(9)10-5-3-2-4-6-10)22-8-12-15-11(7-21-12)13(19)20/h2-7H,8H2,1H3,(H,19,20). The second-order valence-corrected chi connectivity index (χ2v) is 6.31. The van der Waals surface area contributed by atoms with Crippen LogP contribution in [0.1, 0.15) is 21.3 Å². The molecular weight excluding hydrogens is 320 g/mol. The Hall–Kier alpha value is -2.19. The van der Waals surface area contributed by atoms with E-state index >= 15 is 0 Å². The number of benzene rings is 1. The maximum Gasteiger partial charge on any atom is 0.355 e. The van der Waals surface area contributed by atoms with E-state index < -0.39 is 5.97 Å². The number of rotatable bonds is 5. The number of hydrogen-bond donors (Lipinski definition) is 1. The summed E-state index contributed by atoms with van der Waals surface area (Å²) in [6.07, 6.45) is 0. The summed E-state index contributed by atoms with van der Waals surface area (Å²) in [7, 11) is 0. The first kappa shape index (κ1) is 14.7. The number of carboxylic acid groups (broad SMARTS) is 1. The minimum Gasteiger partial charge on any atom is -0.476 e. The average molecular weight is 332 g/mol. The van der Waals surface area contributed by atoms with Gasteiger partial charge >= 0.3 is 5.97 Å². The molecule has 2 heterocycles. The predicted octanol–water partition coefficient (Wildman–Crippen LogP) is 3.02. The predicted molar refractivity (Wildman–Crippen MR) is 84.7 cm³/mol. The molecule has 3 rings (SSSR count). The topological polar surface area (TPSA) is 80.9 Å². The molecule has 0 amide bonds. The van der Waals surface area contributed by atoms with Crippen LogP contribution in [-0.4, -0.2) is 30.8 Å². The van der Waals surface area contributed by atoms with Gasteiger partial charge in [0.1, 0.15) is 10.8 Å². The monoisotopic (exact) mass is 332 g/mol. The third-order valence-electron chi connectivity index (χ3n) is 2.91. The number of thioether (sulfide) groups is 1. The van der Waals surface area contributed by atoms with Crippen molar-refractivity contribution in [1.82, 2.24) is 19.7 Å². The summed E-state index contributed by atoms with van der Waals surface area (Å²) >= 11 is 2.82. The number of thiazole rings is 1. The zero-order valence-electron chi connectivity index (χ0n) is 11.6. The van der Waals surface area contributed by atoms with Gasteiger partial charge in [-0.3, -0.25) is 4.57 Å². The third kappa shape index (κ3) is 3.02. The van der Waals surface area contributed by atoms with Crippen molar-refractivity contribution in [1.29, 1.82) is 0 Å². The number of nitrogens with zero attached hydrogens (tertiary/aromatic N) is 4. The van der Waals surface area contributed by atoms with Crippen LogP contribution in [0.3, 0.4) is 0 Å². The Morgan fingerprint density at radius 3 is 2.77 bits per heavy atom. The van der Waals surface area contributed by atoms with E-state index in [0.29, 0.717) is 5.75 Å². The second-order valence-electron chi connectivity index (χ2n) is 4.42. The average Bonchev–Trinajstić information content (AvgIpc) is 3.13. The molecular formula is C14H12N4O2S2. The van der Waals surface area contributed by atoms with Gasteiger partial charge in [-0.15, -0.1) is 21.5 Å². The van der Waals surface area contributed by atoms with Crippen molar-refractivity contribution in [3.8, 4) is 5.69 Å². The molecule has 0 aliphatic rings. The molecule has 0 saturated carbocycles. The van der Waals surface area contributed by atoms with Crippen LogP contribution in [0.2, 0.25) is 0 Å². The van der Waals surface area contributed by atoms with Gasteiger partial charge in [-0.2, -0.15) is 0 Å². The van der Waals surface area contributed by atoms with Gasteiger partial charge in [-0.1, -0.05) is 30.0 Å².